The molecule has 1 saturated heterocycles. The molecule has 0 bridgehead atoms. The second-order valence-corrected chi connectivity index (χ2v) is 20.0. The number of carbonyl (C=O) groups is 5. The summed E-state index contributed by atoms with van der Waals surface area (Å²) < 4.78 is 28.1. The molecule has 2 aliphatic carbocycles. The number of nitrogens with zero attached hydrogens (tertiary/aromatic N) is 2. The lowest BCUT2D eigenvalue weighted by Crippen LogP contribution is -2.61. The molecule has 1 unspecified atom stereocenters. The highest BCUT2D eigenvalue weighted by molar-refractivity contribution is 7.89. The van der Waals surface area contributed by atoms with Gasteiger partial charge in [-0.15, -0.1) is 6.58 Å². The maximum Gasteiger partial charge on any atom is 0.315 e. The molecule has 292 valence electrons. The first-order valence-corrected chi connectivity index (χ1v) is 20.9. The highest BCUT2D eigenvalue weighted by atomic mass is 32.2. The molecule has 2 heterocycles. The molecule has 0 spiro atoms. The smallest absolute Gasteiger partial charge is 0.315 e. The Morgan fingerprint density at radius 2 is 1.62 bits per heavy atom. The second-order valence-electron chi connectivity index (χ2n) is 18.0. The first-order chi connectivity index (χ1) is 24.8. The minimum Gasteiger partial charge on any atom is -0.334 e. The van der Waals surface area contributed by atoms with Gasteiger partial charge in [0.25, 0.3) is 0 Å². The van der Waals surface area contributed by atoms with Crippen LogP contribution in [0.2, 0.25) is 0 Å². The number of rotatable bonds is 15. The molecule has 0 radical (unpaired) electrons. The SMILES string of the molecule is C=CCCC(=O)C(=O)C(CC(=O)[C@@H]1[C@H]2CCC[C@H]2CN1C(=O)[C@@H](NC(=O)N[C@H](CN1Cc2ccccc2S1(=O)=O)C(C)(C)C)C(C)(C)C)CC1CCC1. The van der Waals surface area contributed by atoms with Gasteiger partial charge in [-0.25, -0.2) is 13.2 Å². The number of hydrogen-bond acceptors (Lipinski definition) is 7. The van der Waals surface area contributed by atoms with E-state index in [1.54, 1.807) is 35.2 Å². The van der Waals surface area contributed by atoms with Gasteiger partial charge in [0.1, 0.15) is 6.04 Å². The van der Waals surface area contributed by atoms with Gasteiger partial charge < -0.3 is 15.5 Å². The quantitative estimate of drug-likeness (QED) is 0.170. The van der Waals surface area contributed by atoms with Crippen LogP contribution >= 0.6 is 0 Å². The normalized spacial score (nSPS) is 24.3. The summed E-state index contributed by atoms with van der Waals surface area (Å²) in [4.78, 5) is 71.0. The summed E-state index contributed by atoms with van der Waals surface area (Å²) in [6, 6.07) is 3.97. The van der Waals surface area contributed by atoms with Gasteiger partial charge in [-0.2, -0.15) is 4.31 Å². The van der Waals surface area contributed by atoms with Crippen molar-refractivity contribution in [2.24, 2.45) is 34.5 Å². The van der Waals surface area contributed by atoms with Crippen LogP contribution in [-0.2, 0) is 35.7 Å². The summed E-state index contributed by atoms with van der Waals surface area (Å²) in [6.07, 6.45) is 8.23. The molecule has 11 nitrogen and oxygen atoms in total. The van der Waals surface area contributed by atoms with E-state index in [9.17, 15) is 32.4 Å². The predicted molar refractivity (Wildman–Crippen MR) is 203 cm³/mol. The number of nitrogens with one attached hydrogen (secondary N) is 2. The van der Waals surface area contributed by atoms with Gasteiger partial charge in [-0.3, -0.25) is 19.2 Å². The highest BCUT2D eigenvalue weighted by Crippen LogP contribution is 2.44. The van der Waals surface area contributed by atoms with Crippen LogP contribution in [0.3, 0.4) is 0 Å². The Balaban J connectivity index is 1.33. The van der Waals surface area contributed by atoms with Crippen LogP contribution in [0.4, 0.5) is 4.79 Å². The van der Waals surface area contributed by atoms with E-state index < -0.39 is 62.5 Å². The number of ketones is 3. The molecule has 1 aromatic carbocycles. The zero-order chi connectivity index (χ0) is 38.9. The number of allylic oxidation sites excluding steroid dienone is 1. The standard InChI is InChI=1S/C41H60N4O7S/c1-8-9-19-31(46)36(48)29(21-26-14-12-15-26)22-32(47)35-30-18-13-17-27(30)24-45(35)38(49)37(41(5,6)7)43-39(50)42-34(40(2,3)4)25-44-23-28-16-10-11-20-33(28)53(44,51)52/h8,10-11,16,20,26-27,29-30,34-35,37H,1,9,12-15,17-19,21-25H2,2-7H3,(H2,42,43,50)/t27-,29?,30-,34+,35-,37+/m0/s1. The van der Waals surface area contributed by atoms with Crippen molar-refractivity contribution in [1.29, 1.82) is 0 Å². The lowest BCUT2D eigenvalue weighted by molar-refractivity contribution is -0.144. The zero-order valence-corrected chi connectivity index (χ0v) is 33.3. The Kier molecular flexibility index (Phi) is 12.4. The molecule has 4 aliphatic rings. The van der Waals surface area contributed by atoms with E-state index >= 15 is 0 Å². The molecular weight excluding hydrogens is 693 g/mol. The van der Waals surface area contributed by atoms with Crippen LogP contribution in [0.5, 0.6) is 0 Å². The van der Waals surface area contributed by atoms with Gasteiger partial charge in [0.05, 0.1) is 10.9 Å². The average molecular weight is 753 g/mol. The van der Waals surface area contributed by atoms with Gasteiger partial charge in [-0.1, -0.05) is 91.5 Å². The number of fused-ring (bicyclic) bond motifs is 2. The molecule has 2 N–H and O–H groups in total. The molecule has 1 aromatic rings. The summed E-state index contributed by atoms with van der Waals surface area (Å²) in [5.41, 5.74) is -0.565. The van der Waals surface area contributed by atoms with E-state index in [1.807, 2.05) is 41.5 Å². The number of hydrogen-bond donors (Lipinski definition) is 2. The van der Waals surface area contributed by atoms with E-state index in [2.05, 4.69) is 17.2 Å². The molecule has 12 heteroatoms. The van der Waals surface area contributed by atoms with Gasteiger partial charge in [0.15, 0.2) is 11.6 Å². The number of carbonyl (C=O) groups excluding carboxylic acids is 5. The van der Waals surface area contributed by atoms with Crippen LogP contribution in [-0.4, -0.2) is 78.1 Å². The molecule has 2 aliphatic heterocycles. The van der Waals surface area contributed by atoms with Crippen molar-refractivity contribution in [3.63, 3.8) is 0 Å². The molecular formula is C41H60N4O7S. The van der Waals surface area contributed by atoms with Crippen molar-refractivity contribution >= 4 is 39.3 Å². The third-order valence-corrected chi connectivity index (χ3v) is 14.0. The second kappa shape index (κ2) is 16.2. The Morgan fingerprint density at radius 1 is 0.943 bits per heavy atom. The minimum absolute atomic E-state index is 0.0337. The van der Waals surface area contributed by atoms with Crippen LogP contribution in [0.1, 0.15) is 111 Å². The molecule has 0 aromatic heterocycles. The van der Waals surface area contributed by atoms with Crippen molar-refractivity contribution in [3.8, 4) is 0 Å². The number of likely N-dealkylation sites (tertiary alicyclic amines) is 1. The van der Waals surface area contributed by atoms with Crippen molar-refractivity contribution < 1.29 is 32.4 Å². The molecule has 6 atom stereocenters. The molecule has 53 heavy (non-hydrogen) atoms. The Morgan fingerprint density at radius 3 is 2.23 bits per heavy atom. The molecule has 5 rings (SSSR count). The van der Waals surface area contributed by atoms with E-state index in [4.69, 9.17) is 0 Å². The Labute approximate surface area is 316 Å². The summed E-state index contributed by atoms with van der Waals surface area (Å²) in [6.45, 7) is 15.7. The van der Waals surface area contributed by atoms with Gasteiger partial charge in [-0.05, 0) is 65.9 Å². The van der Waals surface area contributed by atoms with Crippen LogP contribution < -0.4 is 10.6 Å². The van der Waals surface area contributed by atoms with Crippen LogP contribution in [0.25, 0.3) is 0 Å². The lowest BCUT2D eigenvalue weighted by atomic mass is 9.75. The van der Waals surface area contributed by atoms with Crippen LogP contribution in [0, 0.1) is 34.5 Å². The zero-order valence-electron chi connectivity index (χ0n) is 32.5. The van der Waals surface area contributed by atoms with Crippen LogP contribution in [0.15, 0.2) is 41.8 Å². The lowest BCUT2D eigenvalue weighted by Gasteiger charge is -2.38. The monoisotopic (exact) mass is 752 g/mol. The maximum absolute atomic E-state index is 14.6. The van der Waals surface area contributed by atoms with E-state index in [0.717, 1.165) is 38.5 Å². The molecule has 3 amide bonds. The number of benzene rings is 1. The molecule has 3 fully saturated rings. The fourth-order valence-electron chi connectivity index (χ4n) is 8.65. The summed E-state index contributed by atoms with van der Waals surface area (Å²) in [5, 5.41) is 5.93. The van der Waals surface area contributed by atoms with Crippen molar-refractivity contribution in [2.75, 3.05) is 13.1 Å². The van der Waals surface area contributed by atoms with Gasteiger partial charge in [0.2, 0.25) is 21.7 Å². The first-order valence-electron chi connectivity index (χ1n) is 19.5. The van der Waals surface area contributed by atoms with E-state index in [-0.39, 0.29) is 54.4 Å². The average Bonchev–Trinajstić information content (AvgIpc) is 3.73. The number of sulfonamides is 1. The summed E-state index contributed by atoms with van der Waals surface area (Å²) in [5.74, 6) is -1.77. The summed E-state index contributed by atoms with van der Waals surface area (Å²) in [7, 11) is -3.73. The highest BCUT2D eigenvalue weighted by Gasteiger charge is 2.52. The predicted octanol–water partition coefficient (Wildman–Crippen LogP) is 5.82. The fourth-order valence-corrected chi connectivity index (χ4v) is 10.3. The number of amides is 3. The van der Waals surface area contributed by atoms with Gasteiger partial charge >= 0.3 is 6.03 Å². The Hall–Kier alpha value is -3.38. The topological polar surface area (TPSA) is 150 Å². The van der Waals surface area contributed by atoms with Crippen molar-refractivity contribution in [3.05, 3.63) is 42.5 Å². The van der Waals surface area contributed by atoms with Gasteiger partial charge in [0, 0.05) is 44.4 Å². The van der Waals surface area contributed by atoms with E-state index in [0.29, 0.717) is 30.9 Å². The maximum atomic E-state index is 14.6. The number of Topliss-reactive ketones (excluding diaryl/α,β-unsaturated/α-hetero) is 3. The third-order valence-electron chi connectivity index (χ3n) is 12.1. The largest absolute Gasteiger partial charge is 0.334 e. The molecule has 2 saturated carbocycles. The summed E-state index contributed by atoms with van der Waals surface area (Å²) >= 11 is 0. The third kappa shape index (κ3) is 9.12. The fraction of sp³-hybridized carbons (Fsp3) is 0.683. The van der Waals surface area contributed by atoms with Crippen molar-refractivity contribution in [2.45, 2.75) is 135 Å². The number of urea groups is 1. The first kappa shape index (κ1) is 40.8. The van der Waals surface area contributed by atoms with Crippen molar-refractivity contribution in [1.82, 2.24) is 19.8 Å². The minimum atomic E-state index is -3.73. The Bertz CT molecular complexity index is 1690. The van der Waals surface area contributed by atoms with E-state index in [1.165, 1.54) is 4.31 Å².